The van der Waals surface area contributed by atoms with Crippen LogP contribution in [0.5, 0.6) is 5.88 Å². The van der Waals surface area contributed by atoms with Gasteiger partial charge in [0.05, 0.1) is 10.7 Å². The van der Waals surface area contributed by atoms with Gasteiger partial charge in [-0.1, -0.05) is 40.5 Å². The maximum absolute atomic E-state index is 12.6. The molecule has 0 saturated carbocycles. The number of halogens is 2. The van der Waals surface area contributed by atoms with Crippen LogP contribution < -0.4 is 4.74 Å². The van der Waals surface area contributed by atoms with Gasteiger partial charge in [-0.05, 0) is 38.0 Å². The van der Waals surface area contributed by atoms with Gasteiger partial charge in [-0.3, -0.25) is 4.79 Å². The average Bonchev–Trinajstić information content (AvgIpc) is 3.54. The molecule has 1 saturated heterocycles. The van der Waals surface area contributed by atoms with Crippen LogP contribution in [0.1, 0.15) is 53.1 Å². The first-order chi connectivity index (χ1) is 17.0. The van der Waals surface area contributed by atoms with Gasteiger partial charge in [0.25, 0.3) is 5.91 Å². The number of likely N-dealkylation sites (tertiary alicyclic amines) is 1. The van der Waals surface area contributed by atoms with Crippen LogP contribution in [0, 0.1) is 6.92 Å². The highest BCUT2D eigenvalue weighted by Gasteiger charge is 2.30. The molecule has 1 amide bonds. The Morgan fingerprint density at radius 3 is 2.71 bits per heavy atom. The number of benzene rings is 1. The van der Waals surface area contributed by atoms with Crippen molar-refractivity contribution >= 4 is 46.2 Å². The molecule has 2 aliphatic heterocycles. The molecule has 5 rings (SSSR count). The summed E-state index contributed by atoms with van der Waals surface area (Å²) in [6, 6.07) is 9.17. The molecule has 35 heavy (non-hydrogen) atoms. The molecule has 0 radical (unpaired) electrons. The number of aromatic nitrogens is 2. The van der Waals surface area contributed by atoms with Gasteiger partial charge < -0.3 is 14.5 Å². The molecular weight excluding hydrogens is 507 g/mol. The summed E-state index contributed by atoms with van der Waals surface area (Å²) in [7, 11) is 0. The lowest BCUT2D eigenvalue weighted by Gasteiger charge is -2.31. The molecular formula is C25H24Cl2N4O3S. The predicted molar refractivity (Wildman–Crippen MR) is 137 cm³/mol. The van der Waals surface area contributed by atoms with Gasteiger partial charge >= 0.3 is 0 Å². The number of hydrogen-bond acceptors (Lipinski definition) is 7. The van der Waals surface area contributed by atoms with Crippen LogP contribution in [0.25, 0.3) is 0 Å². The van der Waals surface area contributed by atoms with Crippen LogP contribution in [0.2, 0.25) is 10.0 Å². The van der Waals surface area contributed by atoms with Crippen molar-refractivity contribution in [3.63, 3.8) is 0 Å². The molecule has 10 heteroatoms. The Bertz CT molecular complexity index is 1240. The van der Waals surface area contributed by atoms with Crippen molar-refractivity contribution in [2.45, 2.75) is 38.2 Å². The number of pyridine rings is 1. The number of oxime groups is 1. The number of carbonyl (C=O) groups is 1. The monoisotopic (exact) mass is 530 g/mol. The molecule has 2 aromatic heterocycles. The van der Waals surface area contributed by atoms with Crippen molar-refractivity contribution in [3.8, 4) is 5.88 Å². The van der Waals surface area contributed by atoms with Gasteiger partial charge in [0, 0.05) is 58.2 Å². The molecule has 3 aromatic rings. The summed E-state index contributed by atoms with van der Waals surface area (Å²) < 4.78 is 5.62. The number of nitrogens with zero attached hydrogens (tertiary/aromatic N) is 4. The minimum Gasteiger partial charge on any atom is -0.467 e. The van der Waals surface area contributed by atoms with Crippen molar-refractivity contribution in [1.82, 2.24) is 14.9 Å². The minimum absolute atomic E-state index is 0.000355. The summed E-state index contributed by atoms with van der Waals surface area (Å²) >= 11 is 14.3. The van der Waals surface area contributed by atoms with Gasteiger partial charge in [-0.25, -0.2) is 9.97 Å². The van der Waals surface area contributed by atoms with Crippen LogP contribution >= 0.6 is 34.5 Å². The lowest BCUT2D eigenvalue weighted by Crippen LogP contribution is -2.40. The first-order valence-corrected chi connectivity index (χ1v) is 13.1. The third kappa shape index (κ3) is 5.29. The Hall–Kier alpha value is -2.68. The summed E-state index contributed by atoms with van der Waals surface area (Å²) in [5.74, 6) is 0.799. The average molecular weight is 531 g/mol. The topological polar surface area (TPSA) is 76.9 Å². The number of hydrogen-bond donors (Lipinski definition) is 0. The highest BCUT2D eigenvalue weighted by molar-refractivity contribution is 7.10. The van der Waals surface area contributed by atoms with Crippen molar-refractivity contribution in [2.75, 3.05) is 19.7 Å². The first-order valence-electron chi connectivity index (χ1n) is 11.4. The number of piperidine rings is 1. The van der Waals surface area contributed by atoms with Gasteiger partial charge in [0.1, 0.15) is 5.71 Å². The standard InChI is InChI=1S/C25H24Cl2N4O3S/c1-15-4-3-9-28-24(15)33-13-22(32)31-10-7-16(8-11-31)25-29-20(14-35-25)19-12-21(34-30-19)23-17(26)5-2-6-18(23)27/h2-6,9,14,16,21H,7-8,10-13H2,1H3. The smallest absolute Gasteiger partial charge is 0.260 e. The molecule has 4 heterocycles. The molecule has 1 fully saturated rings. The number of ether oxygens (including phenoxy) is 1. The van der Waals surface area contributed by atoms with Crippen molar-refractivity contribution in [1.29, 1.82) is 0 Å². The van der Waals surface area contributed by atoms with Gasteiger partial charge in [0.2, 0.25) is 5.88 Å². The summed E-state index contributed by atoms with van der Waals surface area (Å²) in [4.78, 5) is 29.1. The second kappa shape index (κ2) is 10.5. The van der Waals surface area contributed by atoms with Crippen LogP contribution in [-0.2, 0) is 9.63 Å². The van der Waals surface area contributed by atoms with E-state index in [0.29, 0.717) is 41.4 Å². The van der Waals surface area contributed by atoms with Crippen LogP contribution in [-0.4, -0.2) is 46.2 Å². The summed E-state index contributed by atoms with van der Waals surface area (Å²) in [5, 5.41) is 8.49. The fourth-order valence-corrected chi connectivity index (χ4v) is 5.97. The lowest BCUT2D eigenvalue weighted by molar-refractivity contribution is -0.134. The van der Waals surface area contributed by atoms with Crippen molar-refractivity contribution in [2.24, 2.45) is 5.16 Å². The van der Waals surface area contributed by atoms with E-state index in [1.54, 1.807) is 29.7 Å². The van der Waals surface area contributed by atoms with E-state index in [-0.39, 0.29) is 18.6 Å². The molecule has 0 N–H and O–H groups in total. The molecule has 0 aliphatic carbocycles. The fraction of sp³-hybridized carbons (Fsp3) is 0.360. The Morgan fingerprint density at radius 1 is 1.20 bits per heavy atom. The zero-order valence-electron chi connectivity index (χ0n) is 19.1. The zero-order chi connectivity index (χ0) is 24.4. The minimum atomic E-state index is -0.317. The number of rotatable bonds is 6. The van der Waals surface area contributed by atoms with Crippen molar-refractivity contribution in [3.05, 3.63) is 73.8 Å². The highest BCUT2D eigenvalue weighted by Crippen LogP contribution is 2.39. The van der Waals surface area contributed by atoms with Crippen molar-refractivity contribution < 1.29 is 14.4 Å². The van der Waals surface area contributed by atoms with Gasteiger partial charge in [-0.2, -0.15) is 0 Å². The summed E-state index contributed by atoms with van der Waals surface area (Å²) in [5.41, 5.74) is 3.29. The highest BCUT2D eigenvalue weighted by atomic mass is 35.5. The van der Waals surface area contributed by atoms with E-state index >= 15 is 0 Å². The second-order valence-electron chi connectivity index (χ2n) is 8.61. The third-order valence-electron chi connectivity index (χ3n) is 6.30. The van der Waals surface area contributed by atoms with Crippen LogP contribution in [0.3, 0.4) is 0 Å². The Balaban J connectivity index is 1.14. The maximum atomic E-state index is 12.6. The van der Waals surface area contributed by atoms with E-state index < -0.39 is 0 Å². The fourth-order valence-electron chi connectivity index (χ4n) is 4.33. The SMILES string of the molecule is Cc1cccnc1OCC(=O)N1CCC(c2nc(C3=NOC(c4c(Cl)cccc4Cl)C3)cs2)CC1. The van der Waals surface area contributed by atoms with E-state index in [9.17, 15) is 4.79 Å². The maximum Gasteiger partial charge on any atom is 0.260 e. The van der Waals surface area contributed by atoms with Crippen LogP contribution in [0.15, 0.2) is 47.1 Å². The summed E-state index contributed by atoms with van der Waals surface area (Å²) in [6.07, 6.45) is 3.64. The third-order valence-corrected chi connectivity index (χ3v) is 7.97. The van der Waals surface area contributed by atoms with E-state index in [1.807, 2.05) is 35.4 Å². The lowest BCUT2D eigenvalue weighted by atomic mass is 9.97. The number of carbonyl (C=O) groups excluding carboxylic acids is 1. The zero-order valence-corrected chi connectivity index (χ0v) is 21.4. The number of amides is 1. The number of aryl methyl sites for hydroxylation is 1. The molecule has 1 aromatic carbocycles. The Kier molecular flexibility index (Phi) is 7.22. The molecule has 2 aliphatic rings. The molecule has 0 bridgehead atoms. The normalized spacial score (nSPS) is 18.3. The van der Waals surface area contributed by atoms with E-state index in [1.165, 1.54) is 0 Å². The summed E-state index contributed by atoms with van der Waals surface area (Å²) in [6.45, 7) is 3.27. The first kappa shape index (κ1) is 24.0. The molecule has 182 valence electrons. The van der Waals surface area contributed by atoms with Crippen LogP contribution in [0.4, 0.5) is 0 Å². The number of thiazole rings is 1. The van der Waals surface area contributed by atoms with Gasteiger partial charge in [0.15, 0.2) is 12.7 Å². The molecule has 1 atom stereocenters. The predicted octanol–water partition coefficient (Wildman–Crippen LogP) is 5.80. The largest absolute Gasteiger partial charge is 0.467 e. The van der Waals surface area contributed by atoms with E-state index in [0.717, 1.165) is 40.4 Å². The molecule has 7 nitrogen and oxygen atoms in total. The Morgan fingerprint density at radius 2 is 1.97 bits per heavy atom. The quantitative estimate of drug-likeness (QED) is 0.402. The molecule has 0 spiro atoms. The second-order valence-corrected chi connectivity index (χ2v) is 10.3. The van der Waals surface area contributed by atoms with E-state index in [4.69, 9.17) is 37.8 Å². The van der Waals surface area contributed by atoms with Gasteiger partial charge in [-0.15, -0.1) is 11.3 Å². The van der Waals surface area contributed by atoms with E-state index in [2.05, 4.69) is 10.1 Å². The Labute approximate surface area is 217 Å². The molecule has 1 unspecified atom stereocenters.